The summed E-state index contributed by atoms with van der Waals surface area (Å²) >= 11 is 0. The number of carbonyl (C=O) groups is 1. The number of nitrogens with two attached hydrogens (primary N) is 1. The Kier molecular flexibility index (Phi) is 5.65. The molecule has 1 aromatic heterocycles. The van der Waals surface area contributed by atoms with Crippen molar-refractivity contribution in [1.29, 1.82) is 5.26 Å². The molecule has 0 spiro atoms. The van der Waals surface area contributed by atoms with E-state index in [0.29, 0.717) is 22.7 Å². The number of nitrogens with zero attached hydrogens (tertiary/aromatic N) is 1. The lowest BCUT2D eigenvalue weighted by Gasteiger charge is -2.27. The predicted octanol–water partition coefficient (Wildman–Crippen LogP) is 5.80. The van der Waals surface area contributed by atoms with E-state index in [-0.39, 0.29) is 17.4 Å². The smallest absolute Gasteiger partial charge is 0.379 e. The van der Waals surface area contributed by atoms with Crippen LogP contribution in [0.25, 0.3) is 11.0 Å². The number of methoxy groups -OCH3 is 1. The van der Waals surface area contributed by atoms with Gasteiger partial charge in [-0.3, -0.25) is 0 Å². The summed E-state index contributed by atoms with van der Waals surface area (Å²) in [4.78, 5) is 13.0. The van der Waals surface area contributed by atoms with E-state index in [2.05, 4.69) is 6.07 Å². The highest BCUT2D eigenvalue weighted by atomic mass is 16.5. The first kappa shape index (κ1) is 23.1. The number of fused-ring (bicyclic) bond motifs is 2. The molecule has 0 saturated carbocycles. The van der Waals surface area contributed by atoms with Crippen LogP contribution in [-0.2, 0) is 0 Å². The van der Waals surface area contributed by atoms with Gasteiger partial charge in [-0.25, -0.2) is 4.79 Å². The standard InChI is InChI=1S/C29H24N2O5/c1-15-8-10-21-17(3)27(36-26(21)16(15)2)29(32)34-20-9-11-22-24(13-20)35-28(31)23(14-30)25(22)18-6-5-7-19(12-18)33-4/h5-13,25H,31H2,1-4H3. The summed E-state index contributed by atoms with van der Waals surface area (Å²) in [7, 11) is 1.58. The third-order valence-electron chi connectivity index (χ3n) is 6.64. The maximum atomic E-state index is 13.0. The first-order valence-corrected chi connectivity index (χ1v) is 11.4. The van der Waals surface area contributed by atoms with E-state index in [4.69, 9.17) is 24.4 Å². The van der Waals surface area contributed by atoms with Gasteiger partial charge in [-0.05, 0) is 55.7 Å². The van der Waals surface area contributed by atoms with Crippen LogP contribution in [0.1, 0.15) is 44.3 Å². The van der Waals surface area contributed by atoms with E-state index in [9.17, 15) is 10.1 Å². The van der Waals surface area contributed by atoms with Gasteiger partial charge >= 0.3 is 5.97 Å². The Morgan fingerprint density at radius 3 is 2.58 bits per heavy atom. The molecule has 0 bridgehead atoms. The summed E-state index contributed by atoms with van der Waals surface area (Å²) in [6.07, 6.45) is 0. The highest BCUT2D eigenvalue weighted by Crippen LogP contribution is 2.44. The summed E-state index contributed by atoms with van der Waals surface area (Å²) in [5.74, 6) is 0.415. The molecule has 7 heteroatoms. The highest BCUT2D eigenvalue weighted by Gasteiger charge is 2.31. The quantitative estimate of drug-likeness (QED) is 0.290. The molecule has 1 atom stereocenters. The number of esters is 1. The number of aryl methyl sites for hydroxylation is 3. The number of furan rings is 1. The molecule has 180 valence electrons. The largest absolute Gasteiger partial charge is 0.497 e. The number of nitriles is 1. The lowest BCUT2D eigenvalue weighted by molar-refractivity contribution is 0.0702. The molecule has 36 heavy (non-hydrogen) atoms. The number of allylic oxidation sites excluding steroid dienone is 1. The third-order valence-corrected chi connectivity index (χ3v) is 6.64. The van der Waals surface area contributed by atoms with Crippen molar-refractivity contribution in [3.63, 3.8) is 0 Å². The van der Waals surface area contributed by atoms with E-state index >= 15 is 0 Å². The Hall–Kier alpha value is -4.70. The maximum Gasteiger partial charge on any atom is 0.379 e. The molecule has 1 aliphatic heterocycles. The highest BCUT2D eigenvalue weighted by molar-refractivity contribution is 5.97. The van der Waals surface area contributed by atoms with Crippen molar-refractivity contribution in [1.82, 2.24) is 0 Å². The van der Waals surface area contributed by atoms with Gasteiger partial charge in [-0.2, -0.15) is 5.26 Å². The number of carbonyl (C=O) groups excluding carboxylic acids is 1. The monoisotopic (exact) mass is 480 g/mol. The van der Waals surface area contributed by atoms with E-state index in [1.807, 2.05) is 57.2 Å². The molecule has 0 saturated heterocycles. The Bertz CT molecular complexity index is 1610. The minimum atomic E-state index is -0.609. The molecule has 0 radical (unpaired) electrons. The van der Waals surface area contributed by atoms with Gasteiger partial charge in [-0.15, -0.1) is 0 Å². The molecular formula is C29H24N2O5. The van der Waals surface area contributed by atoms with Gasteiger partial charge in [0.1, 0.15) is 34.5 Å². The number of ether oxygens (including phenoxy) is 3. The Labute approximate surface area is 208 Å². The van der Waals surface area contributed by atoms with Crippen molar-refractivity contribution in [2.75, 3.05) is 7.11 Å². The molecule has 0 amide bonds. The van der Waals surface area contributed by atoms with Crippen LogP contribution in [0, 0.1) is 32.1 Å². The van der Waals surface area contributed by atoms with Gasteiger partial charge in [0.15, 0.2) is 0 Å². The second kappa shape index (κ2) is 8.82. The maximum absolute atomic E-state index is 13.0. The fraction of sp³-hybridized carbons (Fsp3) is 0.172. The van der Waals surface area contributed by atoms with Crippen molar-refractivity contribution in [3.8, 4) is 23.3 Å². The molecule has 2 N–H and O–H groups in total. The Balaban J connectivity index is 1.50. The van der Waals surface area contributed by atoms with Crippen LogP contribution in [0.3, 0.4) is 0 Å². The van der Waals surface area contributed by atoms with Crippen molar-refractivity contribution < 1.29 is 23.4 Å². The molecular weight excluding hydrogens is 456 g/mol. The second-order valence-corrected chi connectivity index (χ2v) is 8.73. The molecule has 1 unspecified atom stereocenters. The summed E-state index contributed by atoms with van der Waals surface area (Å²) in [5, 5.41) is 10.7. The van der Waals surface area contributed by atoms with Crippen molar-refractivity contribution >= 4 is 16.9 Å². The van der Waals surface area contributed by atoms with Crippen LogP contribution >= 0.6 is 0 Å². The molecule has 5 rings (SSSR count). The predicted molar refractivity (Wildman–Crippen MR) is 134 cm³/mol. The molecule has 0 aliphatic carbocycles. The van der Waals surface area contributed by atoms with E-state index in [1.54, 1.807) is 25.3 Å². The van der Waals surface area contributed by atoms with Crippen LogP contribution in [-0.4, -0.2) is 13.1 Å². The average Bonchev–Trinajstić information content (AvgIpc) is 3.22. The fourth-order valence-electron chi connectivity index (χ4n) is 4.53. The number of benzene rings is 3. The molecule has 7 nitrogen and oxygen atoms in total. The minimum Gasteiger partial charge on any atom is -0.497 e. The zero-order valence-electron chi connectivity index (χ0n) is 20.3. The Morgan fingerprint density at radius 2 is 1.83 bits per heavy atom. The Morgan fingerprint density at radius 1 is 1.03 bits per heavy atom. The lowest BCUT2D eigenvalue weighted by atomic mass is 9.83. The molecule has 4 aromatic rings. The van der Waals surface area contributed by atoms with Gasteiger partial charge in [0, 0.05) is 22.6 Å². The van der Waals surface area contributed by atoms with E-state index < -0.39 is 11.9 Å². The minimum absolute atomic E-state index is 0.000250. The van der Waals surface area contributed by atoms with E-state index in [0.717, 1.165) is 33.2 Å². The number of hydrogen-bond donors (Lipinski definition) is 1. The molecule has 3 aromatic carbocycles. The first-order valence-electron chi connectivity index (χ1n) is 11.4. The summed E-state index contributed by atoms with van der Waals surface area (Å²) in [6, 6.07) is 18.6. The summed E-state index contributed by atoms with van der Waals surface area (Å²) in [5.41, 5.74) is 11.4. The van der Waals surface area contributed by atoms with Crippen molar-refractivity contribution in [2.45, 2.75) is 26.7 Å². The zero-order valence-corrected chi connectivity index (χ0v) is 20.3. The molecule has 2 heterocycles. The van der Waals surface area contributed by atoms with Crippen LogP contribution in [0.4, 0.5) is 0 Å². The van der Waals surface area contributed by atoms with Crippen molar-refractivity contribution in [2.24, 2.45) is 5.73 Å². The van der Waals surface area contributed by atoms with Crippen LogP contribution in [0.5, 0.6) is 17.2 Å². The average molecular weight is 481 g/mol. The van der Waals surface area contributed by atoms with Gasteiger partial charge in [0.25, 0.3) is 0 Å². The van der Waals surface area contributed by atoms with Crippen LogP contribution < -0.4 is 19.9 Å². The van der Waals surface area contributed by atoms with Crippen molar-refractivity contribution in [3.05, 3.63) is 99.6 Å². The summed E-state index contributed by atoms with van der Waals surface area (Å²) in [6.45, 7) is 5.79. The van der Waals surface area contributed by atoms with Crippen LogP contribution in [0.15, 0.2) is 70.5 Å². The first-order chi connectivity index (χ1) is 17.3. The molecule has 1 aliphatic rings. The third kappa shape index (κ3) is 3.73. The van der Waals surface area contributed by atoms with Gasteiger partial charge in [-0.1, -0.05) is 30.3 Å². The summed E-state index contributed by atoms with van der Waals surface area (Å²) < 4.78 is 22.7. The second-order valence-electron chi connectivity index (χ2n) is 8.73. The molecule has 0 fully saturated rings. The number of hydrogen-bond acceptors (Lipinski definition) is 7. The van der Waals surface area contributed by atoms with Gasteiger partial charge in [0.05, 0.1) is 13.0 Å². The topological polar surface area (TPSA) is 108 Å². The van der Waals surface area contributed by atoms with Gasteiger partial charge in [0.2, 0.25) is 11.6 Å². The number of rotatable bonds is 4. The van der Waals surface area contributed by atoms with Gasteiger partial charge < -0.3 is 24.4 Å². The normalized spacial score (nSPS) is 14.7. The fourth-order valence-corrected chi connectivity index (χ4v) is 4.53. The SMILES string of the molecule is COc1cccc(C2C(C#N)=C(N)Oc3cc(OC(=O)c4oc5c(C)c(C)ccc5c4C)ccc32)c1. The zero-order chi connectivity index (χ0) is 25.6. The lowest BCUT2D eigenvalue weighted by Crippen LogP contribution is -2.21. The van der Waals surface area contributed by atoms with E-state index in [1.165, 1.54) is 0 Å². The van der Waals surface area contributed by atoms with Crippen LogP contribution in [0.2, 0.25) is 0 Å².